The number of esters is 1. The first kappa shape index (κ1) is 28.4. The van der Waals surface area contributed by atoms with Gasteiger partial charge in [0.25, 0.3) is 0 Å². The maximum absolute atomic E-state index is 12.7. The third-order valence-corrected chi connectivity index (χ3v) is 7.13. The maximum atomic E-state index is 12.7. The van der Waals surface area contributed by atoms with Crippen LogP contribution in [-0.2, 0) is 9.53 Å². The fraction of sp³-hybridized carbons (Fsp3) is 0.455. The zero-order valence-electron chi connectivity index (χ0n) is 23.6. The molecule has 4 nitrogen and oxygen atoms in total. The van der Waals surface area contributed by atoms with Crippen LogP contribution in [0.4, 0.5) is 0 Å². The van der Waals surface area contributed by atoms with E-state index in [4.69, 9.17) is 9.47 Å². The Morgan fingerprint density at radius 3 is 2.27 bits per heavy atom. The van der Waals surface area contributed by atoms with Crippen LogP contribution in [-0.4, -0.2) is 25.0 Å². The van der Waals surface area contributed by atoms with Gasteiger partial charge in [0.2, 0.25) is 0 Å². The average molecular weight is 503 g/mol. The van der Waals surface area contributed by atoms with Crippen LogP contribution in [0.25, 0.3) is 17.2 Å². The van der Waals surface area contributed by atoms with Crippen LogP contribution in [0.1, 0.15) is 106 Å². The summed E-state index contributed by atoms with van der Waals surface area (Å²) in [6.07, 6.45) is 9.59. The van der Waals surface area contributed by atoms with Gasteiger partial charge in [-0.15, -0.1) is 0 Å². The summed E-state index contributed by atoms with van der Waals surface area (Å²) in [5.74, 6) is 0.905. The molecule has 4 heteroatoms. The fourth-order valence-corrected chi connectivity index (χ4v) is 5.24. The number of hydrogen-bond acceptors (Lipinski definition) is 4. The third-order valence-electron chi connectivity index (χ3n) is 7.13. The van der Waals surface area contributed by atoms with Crippen LogP contribution >= 0.6 is 0 Å². The van der Waals surface area contributed by atoms with Gasteiger partial charge in [-0.25, -0.2) is 4.79 Å². The third kappa shape index (κ3) is 7.21. The number of benzene rings is 2. The summed E-state index contributed by atoms with van der Waals surface area (Å²) in [4.78, 5) is 24.4. The van der Waals surface area contributed by atoms with Crippen molar-refractivity contribution in [2.45, 2.75) is 85.7 Å². The van der Waals surface area contributed by atoms with Crippen molar-refractivity contribution in [1.82, 2.24) is 0 Å². The van der Waals surface area contributed by atoms with Crippen molar-refractivity contribution >= 4 is 29.5 Å². The number of carbonyl (C=O) groups is 2. The molecule has 0 aromatic heterocycles. The minimum Gasteiger partial charge on any atom is -0.497 e. The smallest absolute Gasteiger partial charge is 0.338 e. The lowest BCUT2D eigenvalue weighted by atomic mass is 9.76. The van der Waals surface area contributed by atoms with Crippen molar-refractivity contribution in [3.05, 3.63) is 69.8 Å². The summed E-state index contributed by atoms with van der Waals surface area (Å²) in [6.45, 7) is 11.9. The molecule has 37 heavy (non-hydrogen) atoms. The average Bonchev–Trinajstić information content (AvgIpc) is 2.87. The van der Waals surface area contributed by atoms with Gasteiger partial charge in [0.1, 0.15) is 17.6 Å². The summed E-state index contributed by atoms with van der Waals surface area (Å²) in [5, 5.41) is 0. The number of hydrogen-bond donors (Lipinski definition) is 0. The molecule has 1 aliphatic rings. The van der Waals surface area contributed by atoms with Crippen LogP contribution < -0.4 is 4.74 Å². The number of carbonyl (C=O) groups excluding carboxylic acids is 2. The second-order valence-corrected chi connectivity index (χ2v) is 11.0. The first-order valence-corrected chi connectivity index (χ1v) is 13.5. The van der Waals surface area contributed by atoms with Crippen molar-refractivity contribution < 1.29 is 19.1 Å². The predicted octanol–water partition coefficient (Wildman–Crippen LogP) is 8.46. The van der Waals surface area contributed by atoms with Crippen LogP contribution in [0.5, 0.6) is 5.75 Å². The lowest BCUT2D eigenvalue weighted by Crippen LogP contribution is -2.24. The molecule has 3 rings (SSSR count). The van der Waals surface area contributed by atoms with E-state index in [2.05, 4.69) is 26.0 Å². The number of methoxy groups -OCH3 is 1. The van der Waals surface area contributed by atoms with Crippen LogP contribution in [0.15, 0.2) is 42.0 Å². The molecule has 1 fully saturated rings. The number of rotatable bonds is 8. The van der Waals surface area contributed by atoms with Crippen molar-refractivity contribution in [3.8, 4) is 5.75 Å². The lowest BCUT2D eigenvalue weighted by Gasteiger charge is -2.29. The van der Waals surface area contributed by atoms with Crippen molar-refractivity contribution in [3.63, 3.8) is 0 Å². The molecular weight excluding hydrogens is 460 g/mol. The van der Waals surface area contributed by atoms with Gasteiger partial charge in [-0.2, -0.15) is 0 Å². The van der Waals surface area contributed by atoms with E-state index in [9.17, 15) is 9.59 Å². The van der Waals surface area contributed by atoms with Gasteiger partial charge in [0.05, 0.1) is 12.7 Å². The van der Waals surface area contributed by atoms with E-state index in [1.54, 1.807) is 7.11 Å². The number of ether oxygens (including phenoxy) is 2. The highest BCUT2D eigenvalue weighted by Gasteiger charge is 2.25. The maximum Gasteiger partial charge on any atom is 0.338 e. The Kier molecular flexibility index (Phi) is 9.53. The second kappa shape index (κ2) is 12.4. The van der Waals surface area contributed by atoms with Gasteiger partial charge in [-0.05, 0) is 129 Å². The van der Waals surface area contributed by atoms with Crippen LogP contribution in [0.3, 0.4) is 0 Å². The largest absolute Gasteiger partial charge is 0.497 e. The zero-order valence-corrected chi connectivity index (χ0v) is 23.6. The molecule has 0 unspecified atom stereocenters. The second-order valence-electron chi connectivity index (χ2n) is 11.0. The van der Waals surface area contributed by atoms with Gasteiger partial charge < -0.3 is 9.47 Å². The quantitative estimate of drug-likeness (QED) is 0.157. The van der Waals surface area contributed by atoms with Crippen molar-refractivity contribution in [2.24, 2.45) is 5.92 Å². The molecule has 0 spiro atoms. The van der Waals surface area contributed by atoms with E-state index in [0.717, 1.165) is 47.1 Å². The molecule has 198 valence electrons. The lowest BCUT2D eigenvalue weighted by molar-refractivity contribution is -0.104. The van der Waals surface area contributed by atoms with E-state index in [1.165, 1.54) is 36.0 Å². The van der Waals surface area contributed by atoms with Gasteiger partial charge in [0.15, 0.2) is 0 Å². The SMILES string of the molecule is CC/C(C=O)=C\c1cc(OC)ccc1/C(C)=C(/c1ccc(C(=O)OC(C)(C)C)cc1C)C1CCCCC1. The van der Waals surface area contributed by atoms with E-state index >= 15 is 0 Å². The molecule has 0 aliphatic heterocycles. The zero-order chi connectivity index (χ0) is 27.2. The standard InChI is InChI=1S/C33H42O4/c1-8-24(21-34)19-27-20-28(36-7)15-17-30(27)23(3)31(25-12-10-9-11-13-25)29-16-14-26(18-22(29)2)32(35)37-33(4,5)6/h14-21,25H,8-13H2,1-7H3/b24-19+,31-23+. The highest BCUT2D eigenvalue weighted by molar-refractivity contribution is 5.96. The Morgan fingerprint density at radius 2 is 1.70 bits per heavy atom. The summed E-state index contributed by atoms with van der Waals surface area (Å²) in [7, 11) is 1.66. The number of allylic oxidation sites excluding steroid dienone is 3. The Morgan fingerprint density at radius 1 is 1.03 bits per heavy atom. The molecule has 0 N–H and O–H groups in total. The monoisotopic (exact) mass is 502 g/mol. The fourth-order valence-electron chi connectivity index (χ4n) is 5.24. The Hall–Kier alpha value is -3.14. The van der Waals surface area contributed by atoms with Crippen LogP contribution in [0.2, 0.25) is 0 Å². The minimum absolute atomic E-state index is 0.300. The minimum atomic E-state index is -0.537. The molecule has 2 aromatic rings. The molecule has 0 heterocycles. The topological polar surface area (TPSA) is 52.6 Å². The Balaban J connectivity index is 2.20. The summed E-state index contributed by atoms with van der Waals surface area (Å²) in [5.41, 5.74) is 7.64. The first-order valence-electron chi connectivity index (χ1n) is 13.5. The summed E-state index contributed by atoms with van der Waals surface area (Å²) < 4.78 is 11.1. The normalized spacial score (nSPS) is 15.7. The summed E-state index contributed by atoms with van der Waals surface area (Å²) >= 11 is 0. The molecular formula is C33H42O4. The van der Waals surface area contributed by atoms with Gasteiger partial charge >= 0.3 is 5.97 Å². The van der Waals surface area contributed by atoms with Crippen LogP contribution in [0, 0.1) is 12.8 Å². The van der Waals surface area contributed by atoms with E-state index in [-0.39, 0.29) is 5.97 Å². The Labute approximate surface area is 222 Å². The molecule has 0 atom stereocenters. The molecule has 0 radical (unpaired) electrons. The van der Waals surface area contributed by atoms with E-state index in [0.29, 0.717) is 17.9 Å². The van der Waals surface area contributed by atoms with Crippen molar-refractivity contribution in [1.29, 1.82) is 0 Å². The van der Waals surface area contributed by atoms with Crippen molar-refractivity contribution in [2.75, 3.05) is 7.11 Å². The summed E-state index contributed by atoms with van der Waals surface area (Å²) in [6, 6.07) is 12.0. The molecule has 2 aromatic carbocycles. The first-order chi connectivity index (χ1) is 17.6. The molecule has 1 saturated carbocycles. The molecule has 1 aliphatic carbocycles. The molecule has 0 amide bonds. The highest BCUT2D eigenvalue weighted by atomic mass is 16.6. The van der Waals surface area contributed by atoms with E-state index < -0.39 is 5.60 Å². The molecule has 0 bridgehead atoms. The van der Waals surface area contributed by atoms with Gasteiger partial charge in [-0.1, -0.05) is 38.3 Å². The van der Waals surface area contributed by atoms with Gasteiger partial charge in [0, 0.05) is 0 Å². The Bertz CT molecular complexity index is 1190. The number of aryl methyl sites for hydroxylation is 1. The van der Waals surface area contributed by atoms with Gasteiger partial charge in [-0.3, -0.25) is 4.79 Å². The number of aldehydes is 1. The molecule has 0 saturated heterocycles. The predicted molar refractivity (Wildman–Crippen MR) is 153 cm³/mol. The highest BCUT2D eigenvalue weighted by Crippen LogP contribution is 2.42. The van der Waals surface area contributed by atoms with E-state index in [1.807, 2.05) is 58.0 Å².